The van der Waals surface area contributed by atoms with Gasteiger partial charge in [0.25, 0.3) is 0 Å². The fourth-order valence-corrected chi connectivity index (χ4v) is 2.22. The van der Waals surface area contributed by atoms with E-state index in [1.807, 2.05) is 0 Å². The predicted octanol–water partition coefficient (Wildman–Crippen LogP) is 2.14. The zero-order valence-corrected chi connectivity index (χ0v) is 9.41. The van der Waals surface area contributed by atoms with Gasteiger partial charge in [0.15, 0.2) is 6.29 Å². The van der Waals surface area contributed by atoms with Gasteiger partial charge in [-0.15, -0.1) is 0 Å². The van der Waals surface area contributed by atoms with Crippen molar-refractivity contribution in [3.8, 4) is 0 Å². The van der Waals surface area contributed by atoms with Crippen LogP contribution >= 0.6 is 15.9 Å². The summed E-state index contributed by atoms with van der Waals surface area (Å²) in [6.45, 7) is 0. The lowest BCUT2D eigenvalue weighted by Crippen LogP contribution is -2.11. The van der Waals surface area contributed by atoms with Gasteiger partial charge in [0, 0.05) is 14.9 Å². The van der Waals surface area contributed by atoms with Crippen LogP contribution in [0.25, 0.3) is 0 Å². The van der Waals surface area contributed by atoms with Crippen LogP contribution in [0, 0.1) is 4.78 Å². The molecule has 1 aromatic rings. The Morgan fingerprint density at radius 2 is 2.31 bits per heavy atom. The smallest absolute Gasteiger partial charge is 0.151 e. The van der Waals surface area contributed by atoms with E-state index >= 15 is 0 Å². The Kier molecular flexibility index (Phi) is 3.77. The third-order valence-electron chi connectivity index (χ3n) is 1.53. The molecule has 1 rings (SSSR count). The Labute approximate surface area is 87.7 Å². The van der Waals surface area contributed by atoms with Crippen molar-refractivity contribution in [1.29, 1.82) is 4.78 Å². The first-order valence-electron chi connectivity index (χ1n) is 3.56. The predicted molar refractivity (Wildman–Crippen MR) is 56.9 cm³/mol. The van der Waals surface area contributed by atoms with E-state index < -0.39 is 10.9 Å². The summed E-state index contributed by atoms with van der Waals surface area (Å²) in [5.74, 6) is 0. The van der Waals surface area contributed by atoms with E-state index in [9.17, 15) is 4.79 Å². The first-order chi connectivity index (χ1) is 6.19. The number of aldehydes is 1. The molecule has 0 fully saturated rings. The van der Waals surface area contributed by atoms with Crippen LogP contribution in [0.2, 0.25) is 0 Å². The molecule has 0 amide bonds. The molecule has 0 bridgehead atoms. The van der Waals surface area contributed by atoms with Gasteiger partial charge in [-0.2, -0.15) is 0 Å². The van der Waals surface area contributed by atoms with Crippen molar-refractivity contribution in [3.63, 3.8) is 0 Å². The van der Waals surface area contributed by atoms with Gasteiger partial charge >= 0.3 is 0 Å². The monoisotopic (exact) mass is 260 g/mol. The molecule has 1 unspecified atom stereocenters. The van der Waals surface area contributed by atoms with Gasteiger partial charge in [-0.3, -0.25) is 14.3 Å². The van der Waals surface area contributed by atoms with E-state index in [1.54, 1.807) is 25.2 Å². The van der Waals surface area contributed by atoms with Crippen molar-refractivity contribution in [2.45, 2.75) is 4.90 Å². The minimum Gasteiger partial charge on any atom is -0.298 e. The molecule has 0 saturated carbocycles. The van der Waals surface area contributed by atoms with E-state index in [0.717, 1.165) is 10.8 Å². The van der Waals surface area contributed by atoms with Crippen molar-refractivity contribution in [3.05, 3.63) is 28.2 Å². The SMILES string of the molecule is CNS(=N)c1cc(Br)ccc1C=O. The van der Waals surface area contributed by atoms with Crippen molar-refractivity contribution in [2.24, 2.45) is 0 Å². The maximum absolute atomic E-state index is 10.6. The molecule has 0 spiro atoms. The second-order valence-corrected chi connectivity index (χ2v) is 4.69. The summed E-state index contributed by atoms with van der Waals surface area (Å²) in [4.78, 5) is 11.4. The standard InChI is InChI=1S/C8H9BrN2OS/c1-11-13(10)8-4-7(9)3-2-6(8)5-12/h2-5H,1H3,(H2,10,11). The molecule has 2 N–H and O–H groups in total. The Hall–Kier alpha value is -0.520. The third kappa shape index (κ3) is 2.46. The van der Waals surface area contributed by atoms with Crippen LogP contribution in [0.3, 0.4) is 0 Å². The number of nitrogens with one attached hydrogen (secondary N) is 2. The van der Waals surface area contributed by atoms with E-state index in [-0.39, 0.29) is 0 Å². The topological polar surface area (TPSA) is 53.0 Å². The summed E-state index contributed by atoms with van der Waals surface area (Å²) in [6.07, 6.45) is 0.771. The van der Waals surface area contributed by atoms with Crippen molar-refractivity contribution < 1.29 is 4.79 Å². The number of rotatable bonds is 3. The zero-order chi connectivity index (χ0) is 9.84. The first-order valence-corrected chi connectivity index (χ1v) is 5.58. The highest BCUT2D eigenvalue weighted by Gasteiger charge is 2.04. The Morgan fingerprint density at radius 3 is 2.85 bits per heavy atom. The largest absolute Gasteiger partial charge is 0.298 e. The van der Waals surface area contributed by atoms with Crippen molar-refractivity contribution in [1.82, 2.24) is 4.72 Å². The molecule has 13 heavy (non-hydrogen) atoms. The summed E-state index contributed by atoms with van der Waals surface area (Å²) < 4.78 is 11.3. The van der Waals surface area contributed by atoms with Crippen molar-refractivity contribution in [2.75, 3.05) is 7.05 Å². The van der Waals surface area contributed by atoms with E-state index in [2.05, 4.69) is 20.7 Å². The number of hydrogen-bond donors (Lipinski definition) is 2. The normalized spacial score (nSPS) is 12.5. The molecule has 3 nitrogen and oxygen atoms in total. The van der Waals surface area contributed by atoms with Crippen LogP contribution in [0.4, 0.5) is 0 Å². The summed E-state index contributed by atoms with van der Waals surface area (Å²) in [5, 5.41) is 0. The molecule has 1 atom stereocenters. The Balaban J connectivity index is 3.23. The van der Waals surface area contributed by atoms with E-state index in [1.165, 1.54) is 0 Å². The van der Waals surface area contributed by atoms with Gasteiger partial charge in [0.1, 0.15) is 0 Å². The number of carbonyl (C=O) groups is 1. The Bertz CT molecular complexity index is 354. The second kappa shape index (κ2) is 4.64. The number of carbonyl (C=O) groups excluding carboxylic acids is 1. The van der Waals surface area contributed by atoms with Crippen LogP contribution in [0.5, 0.6) is 0 Å². The van der Waals surface area contributed by atoms with Crippen LogP contribution in [-0.4, -0.2) is 13.3 Å². The fourth-order valence-electron chi connectivity index (χ4n) is 0.892. The first kappa shape index (κ1) is 10.6. The van der Waals surface area contributed by atoms with Gasteiger partial charge in [0.05, 0.1) is 0 Å². The summed E-state index contributed by atoms with van der Waals surface area (Å²) in [7, 11) is 0.877. The molecular formula is C8H9BrN2OS. The highest BCUT2D eigenvalue weighted by molar-refractivity contribution is 9.10. The number of benzene rings is 1. The molecule has 0 saturated heterocycles. The van der Waals surface area contributed by atoms with Crippen LogP contribution in [0.1, 0.15) is 10.4 Å². The fraction of sp³-hybridized carbons (Fsp3) is 0.125. The molecule has 0 heterocycles. The lowest BCUT2D eigenvalue weighted by Gasteiger charge is -2.06. The van der Waals surface area contributed by atoms with Crippen molar-refractivity contribution >= 4 is 33.1 Å². The number of hydrogen-bond acceptors (Lipinski definition) is 2. The van der Waals surface area contributed by atoms with E-state index in [4.69, 9.17) is 4.78 Å². The second-order valence-electron chi connectivity index (χ2n) is 2.31. The molecule has 0 aliphatic carbocycles. The molecule has 70 valence electrons. The Morgan fingerprint density at radius 1 is 1.62 bits per heavy atom. The molecule has 5 heteroatoms. The zero-order valence-electron chi connectivity index (χ0n) is 7.00. The summed E-state index contributed by atoms with van der Waals surface area (Å²) >= 11 is 3.30. The minimum atomic E-state index is -0.823. The lowest BCUT2D eigenvalue weighted by atomic mass is 10.2. The van der Waals surface area contributed by atoms with Gasteiger partial charge in [-0.05, 0) is 36.1 Å². The van der Waals surface area contributed by atoms with Gasteiger partial charge in [-0.1, -0.05) is 15.9 Å². The molecule has 0 radical (unpaired) electrons. The molecule has 1 aromatic carbocycles. The van der Waals surface area contributed by atoms with E-state index in [0.29, 0.717) is 10.5 Å². The molecule has 0 aliphatic heterocycles. The lowest BCUT2D eigenvalue weighted by molar-refractivity contribution is 0.112. The van der Waals surface area contributed by atoms with Gasteiger partial charge in [0.2, 0.25) is 0 Å². The average Bonchev–Trinajstić information content (AvgIpc) is 2.16. The molecule has 0 aliphatic rings. The quantitative estimate of drug-likeness (QED) is 0.819. The maximum atomic E-state index is 10.6. The summed E-state index contributed by atoms with van der Waals surface area (Å²) in [5.41, 5.74) is 0.566. The van der Waals surface area contributed by atoms with Crippen LogP contribution in [-0.2, 0) is 10.9 Å². The van der Waals surface area contributed by atoms with Crippen LogP contribution in [0.15, 0.2) is 27.6 Å². The maximum Gasteiger partial charge on any atom is 0.151 e. The average molecular weight is 261 g/mol. The summed E-state index contributed by atoms with van der Waals surface area (Å²) in [6, 6.07) is 5.29. The highest BCUT2D eigenvalue weighted by Crippen LogP contribution is 2.17. The molecule has 0 aromatic heterocycles. The number of halogens is 1. The van der Waals surface area contributed by atoms with Gasteiger partial charge < -0.3 is 0 Å². The highest BCUT2D eigenvalue weighted by atomic mass is 79.9. The van der Waals surface area contributed by atoms with Crippen LogP contribution < -0.4 is 4.72 Å². The van der Waals surface area contributed by atoms with Gasteiger partial charge in [-0.25, -0.2) is 0 Å². The molecular weight excluding hydrogens is 252 g/mol. The third-order valence-corrected chi connectivity index (χ3v) is 3.22. The minimum absolute atomic E-state index is 0.566.